The maximum absolute atomic E-state index is 7.30. The lowest BCUT2D eigenvalue weighted by Crippen LogP contribution is -2.39. The molecule has 16 heavy (non-hydrogen) atoms. The fourth-order valence-corrected chi connectivity index (χ4v) is 1.62. The van der Waals surface area contributed by atoms with Crippen LogP contribution in [0.25, 0.3) is 0 Å². The third-order valence-electron chi connectivity index (χ3n) is 2.52. The molecule has 1 atom stereocenters. The molecule has 5 nitrogen and oxygen atoms in total. The second-order valence-electron chi connectivity index (χ2n) is 3.95. The van der Waals surface area contributed by atoms with Crippen molar-refractivity contribution in [2.24, 2.45) is 5.73 Å². The van der Waals surface area contributed by atoms with Crippen molar-refractivity contribution in [3.8, 4) is 0 Å². The van der Waals surface area contributed by atoms with Gasteiger partial charge in [-0.25, -0.2) is 0 Å². The normalized spacial score (nSPS) is 13.0. The molecule has 0 bridgehead atoms. The van der Waals surface area contributed by atoms with Gasteiger partial charge in [-0.05, 0) is 13.3 Å². The number of methoxy groups -OCH3 is 2. The van der Waals surface area contributed by atoms with Crippen molar-refractivity contribution < 1.29 is 9.47 Å². The van der Waals surface area contributed by atoms with E-state index in [0.29, 0.717) is 13.0 Å². The Morgan fingerprint density at radius 1 is 1.25 bits per heavy atom. The number of nitrogens with one attached hydrogen (secondary N) is 1. The lowest BCUT2D eigenvalue weighted by Gasteiger charge is -2.28. The van der Waals surface area contributed by atoms with E-state index in [1.165, 1.54) is 0 Å². The smallest absolute Gasteiger partial charge is 0.0920 e. The zero-order chi connectivity index (χ0) is 12.4. The summed E-state index contributed by atoms with van der Waals surface area (Å²) in [5.41, 5.74) is 5.42. The molecule has 0 spiro atoms. The highest BCUT2D eigenvalue weighted by molar-refractivity contribution is 5.77. The van der Waals surface area contributed by atoms with E-state index in [1.54, 1.807) is 14.2 Å². The Bertz CT molecular complexity index is 188. The third-order valence-corrected chi connectivity index (χ3v) is 2.52. The highest BCUT2D eigenvalue weighted by Crippen LogP contribution is 2.04. The van der Waals surface area contributed by atoms with Crippen LogP contribution in [0, 0.1) is 5.41 Å². The van der Waals surface area contributed by atoms with Crippen molar-refractivity contribution in [2.45, 2.75) is 25.8 Å². The second-order valence-corrected chi connectivity index (χ2v) is 3.95. The standard InChI is InChI=1S/C11H25N3O2/c1-10(9-11(12)13)14(6-8-16-3)5-4-7-15-2/h10H,4-9H2,1-3H3,(H3,12,13). The van der Waals surface area contributed by atoms with Crippen LogP contribution in [0.15, 0.2) is 0 Å². The van der Waals surface area contributed by atoms with E-state index in [0.717, 1.165) is 26.1 Å². The van der Waals surface area contributed by atoms with Crippen LogP contribution < -0.4 is 5.73 Å². The molecule has 0 aliphatic heterocycles. The Morgan fingerprint density at radius 3 is 2.38 bits per heavy atom. The van der Waals surface area contributed by atoms with Gasteiger partial charge in [0, 0.05) is 46.4 Å². The summed E-state index contributed by atoms with van der Waals surface area (Å²) in [6, 6.07) is 0.282. The lowest BCUT2D eigenvalue weighted by atomic mass is 10.2. The lowest BCUT2D eigenvalue weighted by molar-refractivity contribution is 0.112. The van der Waals surface area contributed by atoms with Crippen molar-refractivity contribution in [1.82, 2.24) is 4.90 Å². The van der Waals surface area contributed by atoms with Gasteiger partial charge in [-0.3, -0.25) is 10.3 Å². The van der Waals surface area contributed by atoms with E-state index in [1.807, 2.05) is 0 Å². The molecular formula is C11H25N3O2. The second kappa shape index (κ2) is 9.57. The van der Waals surface area contributed by atoms with Crippen LogP contribution in [0.5, 0.6) is 0 Å². The van der Waals surface area contributed by atoms with Gasteiger partial charge in [0.1, 0.15) is 0 Å². The van der Waals surface area contributed by atoms with E-state index in [9.17, 15) is 0 Å². The molecule has 0 aromatic heterocycles. The first-order valence-electron chi connectivity index (χ1n) is 5.66. The van der Waals surface area contributed by atoms with Crippen LogP contribution in [0.2, 0.25) is 0 Å². The number of rotatable bonds is 10. The van der Waals surface area contributed by atoms with E-state index >= 15 is 0 Å². The first kappa shape index (κ1) is 15.3. The molecule has 0 aliphatic rings. The summed E-state index contributed by atoms with van der Waals surface area (Å²) in [5, 5.41) is 7.30. The molecule has 0 heterocycles. The van der Waals surface area contributed by atoms with Gasteiger partial charge in [0.2, 0.25) is 0 Å². The van der Waals surface area contributed by atoms with Gasteiger partial charge in [0.15, 0.2) is 0 Å². The number of hydrogen-bond donors (Lipinski definition) is 2. The summed E-state index contributed by atoms with van der Waals surface area (Å²) in [4.78, 5) is 2.28. The average molecular weight is 231 g/mol. The molecule has 0 radical (unpaired) electrons. The predicted octanol–water partition coefficient (Wildman–Crippen LogP) is 0.686. The molecule has 0 aromatic rings. The Kier molecular flexibility index (Phi) is 9.18. The summed E-state index contributed by atoms with van der Waals surface area (Å²) in [5.74, 6) is 0.238. The fourth-order valence-electron chi connectivity index (χ4n) is 1.62. The predicted molar refractivity (Wildman–Crippen MR) is 65.9 cm³/mol. The largest absolute Gasteiger partial charge is 0.388 e. The summed E-state index contributed by atoms with van der Waals surface area (Å²) < 4.78 is 10.1. The van der Waals surface area contributed by atoms with Crippen molar-refractivity contribution in [3.63, 3.8) is 0 Å². The summed E-state index contributed by atoms with van der Waals surface area (Å²) >= 11 is 0. The number of amidine groups is 1. The van der Waals surface area contributed by atoms with Gasteiger partial charge in [-0.1, -0.05) is 0 Å². The maximum atomic E-state index is 7.30. The number of ether oxygens (including phenoxy) is 2. The van der Waals surface area contributed by atoms with Crippen LogP contribution in [0.1, 0.15) is 19.8 Å². The number of nitrogens with zero attached hydrogens (tertiary/aromatic N) is 1. The molecule has 96 valence electrons. The molecule has 1 unspecified atom stereocenters. The van der Waals surface area contributed by atoms with E-state index in [4.69, 9.17) is 20.6 Å². The highest BCUT2D eigenvalue weighted by Gasteiger charge is 2.13. The topological polar surface area (TPSA) is 71.6 Å². The molecule has 0 amide bonds. The maximum Gasteiger partial charge on any atom is 0.0920 e. The Morgan fingerprint density at radius 2 is 1.88 bits per heavy atom. The molecule has 0 rings (SSSR count). The number of hydrogen-bond acceptors (Lipinski definition) is 4. The summed E-state index contributed by atoms with van der Waals surface area (Å²) in [7, 11) is 3.40. The fraction of sp³-hybridized carbons (Fsp3) is 0.909. The molecular weight excluding hydrogens is 206 g/mol. The Labute approximate surface area is 98.4 Å². The molecule has 5 heteroatoms. The molecule has 0 aliphatic carbocycles. The van der Waals surface area contributed by atoms with E-state index < -0.39 is 0 Å². The van der Waals surface area contributed by atoms with Crippen LogP contribution >= 0.6 is 0 Å². The third kappa shape index (κ3) is 7.62. The SMILES string of the molecule is COCCCN(CCOC)C(C)CC(=N)N. The van der Waals surface area contributed by atoms with Gasteiger partial charge < -0.3 is 15.2 Å². The van der Waals surface area contributed by atoms with Crippen molar-refractivity contribution in [2.75, 3.05) is 40.5 Å². The van der Waals surface area contributed by atoms with Crippen LogP contribution in [0.4, 0.5) is 0 Å². The molecule has 3 N–H and O–H groups in total. The van der Waals surface area contributed by atoms with Gasteiger partial charge in [-0.15, -0.1) is 0 Å². The van der Waals surface area contributed by atoms with Gasteiger partial charge in [-0.2, -0.15) is 0 Å². The zero-order valence-corrected chi connectivity index (χ0v) is 10.7. The van der Waals surface area contributed by atoms with Gasteiger partial charge in [0.05, 0.1) is 12.4 Å². The minimum atomic E-state index is 0.238. The van der Waals surface area contributed by atoms with Crippen LogP contribution in [-0.2, 0) is 9.47 Å². The van der Waals surface area contributed by atoms with E-state index in [2.05, 4.69) is 11.8 Å². The molecule has 0 saturated heterocycles. The zero-order valence-electron chi connectivity index (χ0n) is 10.7. The highest BCUT2D eigenvalue weighted by atomic mass is 16.5. The average Bonchev–Trinajstić information content (AvgIpc) is 2.22. The van der Waals surface area contributed by atoms with Crippen molar-refractivity contribution in [3.05, 3.63) is 0 Å². The molecule has 0 fully saturated rings. The Hall–Kier alpha value is -0.650. The quantitative estimate of drug-likeness (QED) is 0.329. The van der Waals surface area contributed by atoms with Gasteiger partial charge >= 0.3 is 0 Å². The first-order valence-corrected chi connectivity index (χ1v) is 5.66. The monoisotopic (exact) mass is 231 g/mol. The van der Waals surface area contributed by atoms with Crippen LogP contribution in [0.3, 0.4) is 0 Å². The first-order chi connectivity index (χ1) is 7.61. The number of nitrogens with two attached hydrogens (primary N) is 1. The minimum absolute atomic E-state index is 0.238. The Balaban J connectivity index is 4.00. The van der Waals surface area contributed by atoms with Crippen LogP contribution in [-0.4, -0.2) is 57.3 Å². The van der Waals surface area contributed by atoms with Crippen molar-refractivity contribution in [1.29, 1.82) is 5.41 Å². The summed E-state index contributed by atoms with van der Waals surface area (Å²) in [6.45, 7) is 5.37. The summed E-state index contributed by atoms with van der Waals surface area (Å²) in [6.07, 6.45) is 1.60. The molecule has 0 aromatic carbocycles. The molecule has 0 saturated carbocycles. The van der Waals surface area contributed by atoms with E-state index in [-0.39, 0.29) is 11.9 Å². The minimum Gasteiger partial charge on any atom is -0.388 e. The van der Waals surface area contributed by atoms with Gasteiger partial charge in [0.25, 0.3) is 0 Å². The van der Waals surface area contributed by atoms with Crippen molar-refractivity contribution >= 4 is 5.84 Å².